The summed E-state index contributed by atoms with van der Waals surface area (Å²) in [5.74, 6) is 0. The molecule has 1 heterocycles. The second-order valence-corrected chi connectivity index (χ2v) is 6.16. The molecular weight excluding hydrogens is 266 g/mol. The van der Waals surface area contributed by atoms with E-state index in [9.17, 15) is 0 Å². The molecule has 0 amide bonds. The van der Waals surface area contributed by atoms with Crippen LogP contribution in [0.25, 0.3) is 22.5 Å². The van der Waals surface area contributed by atoms with Crippen LogP contribution in [0.15, 0.2) is 54.6 Å². The SMILES string of the molecule is Cc1cc(C)cc(-c2cccc(-c3cc(C)cc(C)c3)n2)c1. The predicted octanol–water partition coefficient (Wildman–Crippen LogP) is 5.65. The van der Waals surface area contributed by atoms with Gasteiger partial charge in [-0.2, -0.15) is 0 Å². The second-order valence-electron chi connectivity index (χ2n) is 6.16. The van der Waals surface area contributed by atoms with Crippen molar-refractivity contribution >= 4 is 0 Å². The Hall–Kier alpha value is -2.41. The van der Waals surface area contributed by atoms with E-state index in [2.05, 4.69) is 82.3 Å². The van der Waals surface area contributed by atoms with Crippen molar-refractivity contribution in [3.63, 3.8) is 0 Å². The van der Waals surface area contributed by atoms with Crippen molar-refractivity contribution < 1.29 is 0 Å². The van der Waals surface area contributed by atoms with Crippen molar-refractivity contribution in [3.8, 4) is 22.5 Å². The summed E-state index contributed by atoms with van der Waals surface area (Å²) in [7, 11) is 0. The van der Waals surface area contributed by atoms with Crippen LogP contribution < -0.4 is 0 Å². The molecule has 1 nitrogen and oxygen atoms in total. The molecule has 0 N–H and O–H groups in total. The lowest BCUT2D eigenvalue weighted by Gasteiger charge is -2.08. The third-order valence-corrected chi connectivity index (χ3v) is 3.78. The minimum atomic E-state index is 1.03. The summed E-state index contributed by atoms with van der Waals surface area (Å²) in [4.78, 5) is 4.88. The van der Waals surface area contributed by atoms with Crippen molar-refractivity contribution in [2.45, 2.75) is 27.7 Å². The van der Waals surface area contributed by atoms with Gasteiger partial charge in [-0.15, -0.1) is 0 Å². The van der Waals surface area contributed by atoms with Crippen LogP contribution in [0.2, 0.25) is 0 Å². The van der Waals surface area contributed by atoms with Gasteiger partial charge in [0.1, 0.15) is 0 Å². The Labute approximate surface area is 132 Å². The molecule has 0 saturated heterocycles. The van der Waals surface area contributed by atoms with Gasteiger partial charge in [0, 0.05) is 11.1 Å². The van der Waals surface area contributed by atoms with Crippen LogP contribution in [-0.2, 0) is 0 Å². The molecule has 1 heteroatoms. The first-order valence-electron chi connectivity index (χ1n) is 7.66. The van der Waals surface area contributed by atoms with Crippen LogP contribution in [0.5, 0.6) is 0 Å². The number of nitrogens with zero attached hydrogens (tertiary/aromatic N) is 1. The molecule has 22 heavy (non-hydrogen) atoms. The minimum Gasteiger partial charge on any atom is -0.248 e. The molecule has 3 aromatic rings. The zero-order valence-electron chi connectivity index (χ0n) is 13.6. The maximum atomic E-state index is 4.88. The van der Waals surface area contributed by atoms with E-state index in [-0.39, 0.29) is 0 Å². The molecule has 0 saturated carbocycles. The van der Waals surface area contributed by atoms with E-state index in [4.69, 9.17) is 4.98 Å². The number of aromatic nitrogens is 1. The molecule has 1 aromatic heterocycles. The summed E-state index contributed by atoms with van der Waals surface area (Å²) in [5.41, 5.74) is 9.52. The number of hydrogen-bond donors (Lipinski definition) is 0. The number of rotatable bonds is 2. The largest absolute Gasteiger partial charge is 0.248 e. The highest BCUT2D eigenvalue weighted by atomic mass is 14.7. The normalized spacial score (nSPS) is 10.7. The summed E-state index contributed by atoms with van der Waals surface area (Å²) >= 11 is 0. The van der Waals surface area contributed by atoms with Crippen molar-refractivity contribution in [1.29, 1.82) is 0 Å². The lowest BCUT2D eigenvalue weighted by molar-refractivity contribution is 1.29. The van der Waals surface area contributed by atoms with E-state index in [1.165, 1.54) is 33.4 Å². The average molecular weight is 287 g/mol. The predicted molar refractivity (Wildman–Crippen MR) is 94.1 cm³/mol. The third kappa shape index (κ3) is 3.09. The molecule has 110 valence electrons. The lowest BCUT2D eigenvalue weighted by atomic mass is 10.0. The average Bonchev–Trinajstić information content (AvgIpc) is 2.45. The van der Waals surface area contributed by atoms with Gasteiger partial charge in [0.15, 0.2) is 0 Å². The van der Waals surface area contributed by atoms with Gasteiger partial charge in [0.25, 0.3) is 0 Å². The van der Waals surface area contributed by atoms with Crippen LogP contribution in [0.1, 0.15) is 22.3 Å². The Morgan fingerprint density at radius 3 is 1.27 bits per heavy atom. The van der Waals surface area contributed by atoms with E-state index >= 15 is 0 Å². The van der Waals surface area contributed by atoms with Gasteiger partial charge in [-0.25, -0.2) is 4.98 Å². The maximum Gasteiger partial charge on any atom is 0.0709 e. The van der Waals surface area contributed by atoms with Crippen LogP contribution in [-0.4, -0.2) is 4.98 Å². The quantitative estimate of drug-likeness (QED) is 0.593. The Morgan fingerprint density at radius 2 is 0.909 bits per heavy atom. The molecule has 3 rings (SSSR count). The van der Waals surface area contributed by atoms with Gasteiger partial charge >= 0.3 is 0 Å². The van der Waals surface area contributed by atoms with E-state index in [1.807, 2.05) is 0 Å². The summed E-state index contributed by atoms with van der Waals surface area (Å²) < 4.78 is 0. The van der Waals surface area contributed by atoms with Gasteiger partial charge < -0.3 is 0 Å². The highest BCUT2D eigenvalue weighted by Crippen LogP contribution is 2.25. The van der Waals surface area contributed by atoms with E-state index in [0.717, 1.165) is 11.4 Å². The van der Waals surface area contributed by atoms with Gasteiger partial charge in [0.05, 0.1) is 11.4 Å². The Kier molecular flexibility index (Phi) is 3.81. The maximum absolute atomic E-state index is 4.88. The fourth-order valence-corrected chi connectivity index (χ4v) is 3.00. The molecule has 2 aromatic carbocycles. The molecule has 0 spiro atoms. The third-order valence-electron chi connectivity index (χ3n) is 3.78. The van der Waals surface area contributed by atoms with Crippen LogP contribution >= 0.6 is 0 Å². The van der Waals surface area contributed by atoms with Crippen LogP contribution in [0, 0.1) is 27.7 Å². The highest BCUT2D eigenvalue weighted by molar-refractivity contribution is 5.67. The molecule has 0 aliphatic rings. The van der Waals surface area contributed by atoms with E-state index in [1.54, 1.807) is 0 Å². The number of pyridine rings is 1. The summed E-state index contributed by atoms with van der Waals surface area (Å²) in [6, 6.07) is 19.4. The molecule has 0 aliphatic heterocycles. The molecule has 0 aliphatic carbocycles. The monoisotopic (exact) mass is 287 g/mol. The smallest absolute Gasteiger partial charge is 0.0709 e. The first kappa shape index (κ1) is 14.5. The van der Waals surface area contributed by atoms with Crippen molar-refractivity contribution in [2.75, 3.05) is 0 Å². The number of hydrogen-bond acceptors (Lipinski definition) is 1. The van der Waals surface area contributed by atoms with Gasteiger partial charge in [-0.1, -0.05) is 40.5 Å². The Morgan fingerprint density at radius 1 is 0.545 bits per heavy atom. The minimum absolute atomic E-state index is 1.03. The van der Waals surface area contributed by atoms with Crippen LogP contribution in [0.4, 0.5) is 0 Å². The van der Waals surface area contributed by atoms with E-state index < -0.39 is 0 Å². The fourth-order valence-electron chi connectivity index (χ4n) is 3.00. The molecule has 0 radical (unpaired) electrons. The molecule has 0 unspecified atom stereocenters. The highest BCUT2D eigenvalue weighted by Gasteiger charge is 2.05. The topological polar surface area (TPSA) is 12.9 Å². The first-order valence-corrected chi connectivity index (χ1v) is 7.66. The van der Waals surface area contributed by atoms with Crippen LogP contribution in [0.3, 0.4) is 0 Å². The standard InChI is InChI=1S/C21H21N/c1-14-8-15(2)11-18(10-14)20-6-5-7-21(22-20)19-12-16(3)9-17(4)13-19/h5-13H,1-4H3. The number of aryl methyl sites for hydroxylation is 4. The van der Waals surface area contributed by atoms with Crippen molar-refractivity contribution in [3.05, 3.63) is 76.9 Å². The zero-order valence-corrected chi connectivity index (χ0v) is 13.6. The van der Waals surface area contributed by atoms with Gasteiger partial charge in [-0.3, -0.25) is 0 Å². The Bertz CT molecular complexity index is 724. The lowest BCUT2D eigenvalue weighted by Crippen LogP contribution is -1.90. The summed E-state index contributed by atoms with van der Waals surface area (Å²) in [6.45, 7) is 8.52. The molecule has 0 bridgehead atoms. The number of benzene rings is 2. The first-order chi connectivity index (χ1) is 10.5. The fraction of sp³-hybridized carbons (Fsp3) is 0.190. The molecule has 0 fully saturated rings. The zero-order chi connectivity index (χ0) is 15.7. The molecular formula is C21H21N. The van der Waals surface area contributed by atoms with Crippen molar-refractivity contribution in [2.24, 2.45) is 0 Å². The molecule has 0 atom stereocenters. The summed E-state index contributed by atoms with van der Waals surface area (Å²) in [6.07, 6.45) is 0. The van der Waals surface area contributed by atoms with Crippen molar-refractivity contribution in [1.82, 2.24) is 4.98 Å². The van der Waals surface area contributed by atoms with Gasteiger partial charge in [-0.05, 0) is 64.1 Å². The van der Waals surface area contributed by atoms with E-state index in [0.29, 0.717) is 0 Å². The van der Waals surface area contributed by atoms with Gasteiger partial charge in [0.2, 0.25) is 0 Å². The second kappa shape index (κ2) is 5.76. The Balaban J connectivity index is 2.09. The summed E-state index contributed by atoms with van der Waals surface area (Å²) in [5, 5.41) is 0.